The molecule has 1 saturated carbocycles. The van der Waals surface area contributed by atoms with Gasteiger partial charge in [0, 0.05) is 24.2 Å². The summed E-state index contributed by atoms with van der Waals surface area (Å²) in [6.45, 7) is 0.339. The number of ether oxygens (including phenoxy) is 1. The Morgan fingerprint density at radius 3 is 2.70 bits per heavy atom. The Labute approximate surface area is 122 Å². The van der Waals surface area contributed by atoms with E-state index in [1.807, 2.05) is 0 Å². The minimum absolute atomic E-state index is 0.153. The van der Waals surface area contributed by atoms with Crippen molar-refractivity contribution >= 4 is 23.5 Å². The number of hydrogen-bond donors (Lipinski definition) is 1. The van der Waals surface area contributed by atoms with Gasteiger partial charge in [-0.3, -0.25) is 9.59 Å². The number of carbonyl (C=O) groups excluding carboxylic acids is 1. The molecule has 0 spiro atoms. The topological polar surface area (TPSA) is 66.8 Å². The first kappa shape index (κ1) is 14.7. The number of amides is 1. The number of hydrogen-bond acceptors (Lipinski definition) is 3. The van der Waals surface area contributed by atoms with Gasteiger partial charge in [0.05, 0.1) is 18.9 Å². The predicted octanol–water partition coefficient (Wildman–Crippen LogP) is 2.03. The first-order chi connectivity index (χ1) is 9.43. The number of halogens is 1. The Hall–Kier alpha value is -1.75. The molecule has 1 aliphatic rings. The molecule has 1 fully saturated rings. The first-order valence-corrected chi connectivity index (χ1v) is 6.62. The van der Waals surface area contributed by atoms with Crippen molar-refractivity contribution < 1.29 is 19.4 Å². The largest absolute Gasteiger partial charge is 0.496 e. The quantitative estimate of drug-likeness (QED) is 0.903. The summed E-state index contributed by atoms with van der Waals surface area (Å²) < 4.78 is 5.23. The van der Waals surface area contributed by atoms with Crippen LogP contribution in [0.25, 0.3) is 0 Å². The average Bonchev–Trinajstić information content (AvgIpc) is 3.18. The lowest BCUT2D eigenvalue weighted by Gasteiger charge is -2.19. The monoisotopic (exact) mass is 297 g/mol. The van der Waals surface area contributed by atoms with E-state index in [1.165, 1.54) is 4.90 Å². The van der Waals surface area contributed by atoms with Crippen molar-refractivity contribution in [1.82, 2.24) is 4.90 Å². The molecule has 1 aliphatic carbocycles. The second-order valence-electron chi connectivity index (χ2n) is 4.94. The molecule has 1 N–H and O–H groups in total. The van der Waals surface area contributed by atoms with Gasteiger partial charge in [-0.05, 0) is 24.6 Å². The molecule has 1 aromatic rings. The van der Waals surface area contributed by atoms with Crippen molar-refractivity contribution in [2.24, 2.45) is 11.8 Å². The van der Waals surface area contributed by atoms with Crippen LogP contribution in [-0.4, -0.2) is 36.0 Å². The van der Waals surface area contributed by atoms with Crippen LogP contribution in [0.4, 0.5) is 0 Å². The maximum Gasteiger partial charge on any atom is 0.307 e. The van der Waals surface area contributed by atoms with E-state index in [0.717, 1.165) is 5.56 Å². The van der Waals surface area contributed by atoms with E-state index in [1.54, 1.807) is 32.4 Å². The van der Waals surface area contributed by atoms with Gasteiger partial charge >= 0.3 is 5.97 Å². The number of nitrogens with zero attached hydrogens (tertiary/aromatic N) is 1. The second-order valence-corrected chi connectivity index (χ2v) is 5.37. The fourth-order valence-corrected chi connectivity index (χ4v) is 2.42. The molecule has 1 aromatic carbocycles. The molecule has 2 atom stereocenters. The number of carbonyl (C=O) groups is 2. The standard InChI is InChI=1S/C14H16ClNO4/c1-16(13(17)10-6-11(10)14(18)19)7-8-5-9(15)3-4-12(8)20-2/h3-5,10-11H,6-7H2,1-2H3,(H,18,19). The minimum Gasteiger partial charge on any atom is -0.496 e. The molecular weight excluding hydrogens is 282 g/mol. The second kappa shape index (κ2) is 5.71. The molecule has 2 rings (SSSR count). The lowest BCUT2D eigenvalue weighted by Crippen LogP contribution is -2.29. The molecule has 2 unspecified atom stereocenters. The normalized spacial score (nSPS) is 20.4. The summed E-state index contributed by atoms with van der Waals surface area (Å²) in [6.07, 6.45) is 0.422. The average molecular weight is 298 g/mol. The third kappa shape index (κ3) is 3.04. The zero-order valence-corrected chi connectivity index (χ0v) is 12.1. The van der Waals surface area contributed by atoms with Crippen LogP contribution in [-0.2, 0) is 16.1 Å². The molecule has 108 valence electrons. The maximum absolute atomic E-state index is 12.1. The molecule has 0 bridgehead atoms. The van der Waals surface area contributed by atoms with Crippen LogP contribution >= 0.6 is 11.6 Å². The van der Waals surface area contributed by atoms with E-state index in [9.17, 15) is 9.59 Å². The Morgan fingerprint density at radius 1 is 1.45 bits per heavy atom. The van der Waals surface area contributed by atoms with Crippen molar-refractivity contribution in [3.63, 3.8) is 0 Å². The highest BCUT2D eigenvalue weighted by Gasteiger charge is 2.49. The Bertz CT molecular complexity index is 546. The van der Waals surface area contributed by atoms with Gasteiger partial charge in [-0.25, -0.2) is 0 Å². The third-order valence-electron chi connectivity index (χ3n) is 3.45. The SMILES string of the molecule is COc1ccc(Cl)cc1CN(C)C(=O)C1CC1C(=O)O. The lowest BCUT2D eigenvalue weighted by atomic mass is 10.1. The van der Waals surface area contributed by atoms with Gasteiger partial charge < -0.3 is 14.7 Å². The van der Waals surface area contributed by atoms with Crippen LogP contribution in [0.1, 0.15) is 12.0 Å². The fourth-order valence-electron chi connectivity index (χ4n) is 2.23. The number of rotatable bonds is 5. The molecule has 0 heterocycles. The summed E-state index contributed by atoms with van der Waals surface area (Å²) in [6, 6.07) is 5.20. The first-order valence-electron chi connectivity index (χ1n) is 6.24. The molecule has 20 heavy (non-hydrogen) atoms. The molecule has 1 amide bonds. The van der Waals surface area contributed by atoms with E-state index in [2.05, 4.69) is 0 Å². The Balaban J connectivity index is 2.05. The zero-order valence-electron chi connectivity index (χ0n) is 11.3. The van der Waals surface area contributed by atoms with Crippen LogP contribution in [0.2, 0.25) is 5.02 Å². The maximum atomic E-state index is 12.1. The lowest BCUT2D eigenvalue weighted by molar-refractivity contribution is -0.141. The van der Waals surface area contributed by atoms with Crippen LogP contribution in [0, 0.1) is 11.8 Å². The molecule has 0 aliphatic heterocycles. The van der Waals surface area contributed by atoms with Crippen LogP contribution < -0.4 is 4.74 Å². The highest BCUT2D eigenvalue weighted by molar-refractivity contribution is 6.30. The van der Waals surface area contributed by atoms with E-state index < -0.39 is 17.8 Å². The molecule has 0 radical (unpaired) electrons. The van der Waals surface area contributed by atoms with E-state index >= 15 is 0 Å². The van der Waals surface area contributed by atoms with Crippen molar-refractivity contribution in [3.05, 3.63) is 28.8 Å². The zero-order chi connectivity index (χ0) is 14.9. The van der Waals surface area contributed by atoms with Gasteiger partial charge in [0.15, 0.2) is 0 Å². The van der Waals surface area contributed by atoms with Gasteiger partial charge in [-0.2, -0.15) is 0 Å². The molecule has 6 heteroatoms. The van der Waals surface area contributed by atoms with E-state index in [4.69, 9.17) is 21.4 Å². The van der Waals surface area contributed by atoms with E-state index in [-0.39, 0.29) is 5.91 Å². The van der Waals surface area contributed by atoms with Crippen molar-refractivity contribution in [2.75, 3.05) is 14.2 Å². The van der Waals surface area contributed by atoms with Crippen LogP contribution in [0.5, 0.6) is 5.75 Å². The number of carboxylic acids is 1. The van der Waals surface area contributed by atoms with E-state index in [0.29, 0.717) is 23.7 Å². The number of aliphatic carboxylic acids is 1. The highest BCUT2D eigenvalue weighted by atomic mass is 35.5. The number of methoxy groups -OCH3 is 1. The van der Waals surface area contributed by atoms with Gasteiger partial charge in [0.25, 0.3) is 0 Å². The van der Waals surface area contributed by atoms with Gasteiger partial charge in [0.2, 0.25) is 5.91 Å². The van der Waals surface area contributed by atoms with Crippen molar-refractivity contribution in [2.45, 2.75) is 13.0 Å². The summed E-state index contributed by atoms with van der Waals surface area (Å²) in [4.78, 5) is 24.4. The number of carboxylic acid groups (broad SMARTS) is 1. The molecule has 5 nitrogen and oxygen atoms in total. The van der Waals surface area contributed by atoms with Crippen molar-refractivity contribution in [3.8, 4) is 5.75 Å². The highest BCUT2D eigenvalue weighted by Crippen LogP contribution is 2.40. The van der Waals surface area contributed by atoms with Gasteiger partial charge in [-0.1, -0.05) is 11.6 Å². The van der Waals surface area contributed by atoms with Gasteiger partial charge in [-0.15, -0.1) is 0 Å². The predicted molar refractivity (Wildman–Crippen MR) is 73.7 cm³/mol. The van der Waals surface area contributed by atoms with Crippen LogP contribution in [0.3, 0.4) is 0 Å². The Morgan fingerprint density at radius 2 is 2.15 bits per heavy atom. The molecular formula is C14H16ClNO4. The van der Waals surface area contributed by atoms with Crippen molar-refractivity contribution in [1.29, 1.82) is 0 Å². The summed E-state index contributed by atoms with van der Waals surface area (Å²) in [7, 11) is 3.20. The summed E-state index contributed by atoms with van der Waals surface area (Å²) >= 11 is 5.94. The number of benzene rings is 1. The molecule has 0 aromatic heterocycles. The van der Waals surface area contributed by atoms with Gasteiger partial charge in [0.1, 0.15) is 5.75 Å². The summed E-state index contributed by atoms with van der Waals surface area (Å²) in [5.41, 5.74) is 0.795. The smallest absolute Gasteiger partial charge is 0.307 e. The third-order valence-corrected chi connectivity index (χ3v) is 3.69. The molecule has 0 saturated heterocycles. The Kier molecular flexibility index (Phi) is 4.18. The van der Waals surface area contributed by atoms with Crippen LogP contribution in [0.15, 0.2) is 18.2 Å². The fraction of sp³-hybridized carbons (Fsp3) is 0.429. The summed E-state index contributed by atoms with van der Waals surface area (Å²) in [5, 5.41) is 9.42. The minimum atomic E-state index is -0.905. The summed E-state index contributed by atoms with van der Waals surface area (Å²) in [5.74, 6) is -1.34.